The molecule has 16 heavy (non-hydrogen) atoms. The Bertz CT molecular complexity index is 401. The molecule has 3 heteroatoms. The molecule has 0 saturated carbocycles. The zero-order valence-electron chi connectivity index (χ0n) is 10.1. The van der Waals surface area contributed by atoms with E-state index in [-0.39, 0.29) is 11.6 Å². The van der Waals surface area contributed by atoms with Crippen LogP contribution in [-0.2, 0) is 0 Å². The van der Waals surface area contributed by atoms with Crippen molar-refractivity contribution < 1.29 is 0 Å². The Labute approximate surface area is 102 Å². The van der Waals surface area contributed by atoms with E-state index in [1.807, 2.05) is 12.1 Å². The van der Waals surface area contributed by atoms with Crippen LogP contribution in [0.15, 0.2) is 18.2 Å². The predicted molar refractivity (Wildman–Crippen MR) is 70.2 cm³/mol. The number of nitrogens with zero attached hydrogens (tertiary/aromatic N) is 1. The summed E-state index contributed by atoms with van der Waals surface area (Å²) in [4.78, 5) is 2.37. The lowest BCUT2D eigenvalue weighted by Gasteiger charge is -2.34. The first-order chi connectivity index (χ1) is 7.42. The van der Waals surface area contributed by atoms with Gasteiger partial charge in [0.15, 0.2) is 0 Å². The maximum absolute atomic E-state index is 6.16. The lowest BCUT2D eigenvalue weighted by Crippen LogP contribution is -2.38. The summed E-state index contributed by atoms with van der Waals surface area (Å²) in [7, 11) is 0. The summed E-state index contributed by atoms with van der Waals surface area (Å²) >= 11 is 6.16. The van der Waals surface area contributed by atoms with Crippen molar-refractivity contribution in [2.75, 3.05) is 11.4 Å². The fraction of sp³-hybridized carbons (Fsp3) is 0.538. The Morgan fingerprint density at radius 3 is 2.69 bits per heavy atom. The largest absolute Gasteiger partial charge is 0.365 e. The van der Waals surface area contributed by atoms with Gasteiger partial charge in [-0.25, -0.2) is 0 Å². The summed E-state index contributed by atoms with van der Waals surface area (Å²) in [6, 6.07) is 6.32. The van der Waals surface area contributed by atoms with Crippen LogP contribution in [0.4, 0.5) is 5.69 Å². The summed E-state index contributed by atoms with van der Waals surface area (Å²) < 4.78 is 0. The fourth-order valence-electron chi connectivity index (χ4n) is 2.61. The van der Waals surface area contributed by atoms with E-state index in [9.17, 15) is 0 Å². The van der Waals surface area contributed by atoms with Crippen molar-refractivity contribution in [2.24, 2.45) is 5.73 Å². The number of halogens is 1. The normalized spacial score (nSPS) is 23.8. The van der Waals surface area contributed by atoms with Gasteiger partial charge in [-0.3, -0.25) is 0 Å². The predicted octanol–water partition coefficient (Wildman–Crippen LogP) is 2.96. The molecule has 0 radical (unpaired) electrons. The van der Waals surface area contributed by atoms with Crippen LogP contribution in [0.5, 0.6) is 0 Å². The minimum absolute atomic E-state index is 0.120. The third-order valence-electron chi connectivity index (χ3n) is 3.44. The van der Waals surface area contributed by atoms with Gasteiger partial charge in [-0.15, -0.1) is 0 Å². The van der Waals surface area contributed by atoms with Crippen molar-refractivity contribution in [3.63, 3.8) is 0 Å². The van der Waals surface area contributed by atoms with Gasteiger partial charge in [0.2, 0.25) is 0 Å². The lowest BCUT2D eigenvalue weighted by molar-refractivity contribution is 0.505. The second-order valence-corrected chi connectivity index (χ2v) is 5.68. The highest BCUT2D eigenvalue weighted by Gasteiger charge is 2.37. The Morgan fingerprint density at radius 2 is 2.12 bits per heavy atom. The molecule has 1 saturated heterocycles. The van der Waals surface area contributed by atoms with E-state index in [4.69, 9.17) is 17.3 Å². The van der Waals surface area contributed by atoms with E-state index < -0.39 is 0 Å². The van der Waals surface area contributed by atoms with Crippen molar-refractivity contribution in [1.29, 1.82) is 0 Å². The number of rotatable bonds is 1. The second-order valence-electron chi connectivity index (χ2n) is 5.27. The van der Waals surface area contributed by atoms with Crippen molar-refractivity contribution >= 4 is 17.3 Å². The monoisotopic (exact) mass is 238 g/mol. The molecule has 2 nitrogen and oxygen atoms in total. The molecule has 1 unspecified atom stereocenters. The lowest BCUT2D eigenvalue weighted by atomic mass is 9.99. The fourth-order valence-corrected chi connectivity index (χ4v) is 2.78. The molecule has 0 aromatic heterocycles. The molecular weight excluding hydrogens is 220 g/mol. The molecule has 0 spiro atoms. The summed E-state index contributed by atoms with van der Waals surface area (Å²) in [5, 5.41) is 0.828. The molecule has 1 heterocycles. The van der Waals surface area contributed by atoms with Crippen molar-refractivity contribution in [3.8, 4) is 0 Å². The average Bonchev–Trinajstić information content (AvgIpc) is 2.44. The van der Waals surface area contributed by atoms with E-state index in [1.165, 1.54) is 5.69 Å². The summed E-state index contributed by atoms with van der Waals surface area (Å²) in [5.74, 6) is 0. The molecule has 1 aliphatic heterocycles. The highest BCUT2D eigenvalue weighted by Crippen LogP contribution is 2.36. The molecule has 0 amide bonds. The number of anilines is 1. The zero-order valence-corrected chi connectivity index (χ0v) is 10.9. The SMILES string of the molecule is Cc1c(Cl)cccc1N1CC(N)CC1(C)C. The van der Waals surface area contributed by atoms with Crippen LogP contribution in [0.3, 0.4) is 0 Å². The molecule has 1 aliphatic rings. The van der Waals surface area contributed by atoms with Crippen molar-refractivity contribution in [2.45, 2.75) is 38.8 Å². The van der Waals surface area contributed by atoms with Gasteiger partial charge in [0.05, 0.1) is 0 Å². The van der Waals surface area contributed by atoms with Gasteiger partial charge in [-0.2, -0.15) is 0 Å². The maximum atomic E-state index is 6.16. The van der Waals surface area contributed by atoms with E-state index >= 15 is 0 Å². The van der Waals surface area contributed by atoms with Crippen molar-refractivity contribution in [1.82, 2.24) is 0 Å². The van der Waals surface area contributed by atoms with Gasteiger partial charge >= 0.3 is 0 Å². The maximum Gasteiger partial charge on any atom is 0.0455 e. The van der Waals surface area contributed by atoms with E-state index in [2.05, 4.69) is 31.7 Å². The Kier molecular flexibility index (Phi) is 2.89. The summed E-state index contributed by atoms with van der Waals surface area (Å²) in [6.45, 7) is 7.45. The summed E-state index contributed by atoms with van der Waals surface area (Å²) in [6.07, 6.45) is 1.03. The Morgan fingerprint density at radius 1 is 1.44 bits per heavy atom. The summed E-state index contributed by atoms with van der Waals surface area (Å²) in [5.41, 5.74) is 8.53. The molecular formula is C13H19ClN2. The van der Waals surface area contributed by atoms with Crippen molar-refractivity contribution in [3.05, 3.63) is 28.8 Å². The molecule has 0 bridgehead atoms. The first-order valence-corrected chi connectivity index (χ1v) is 6.08. The minimum Gasteiger partial charge on any atom is -0.365 e. The van der Waals surface area contributed by atoms with Crippen LogP contribution in [0.1, 0.15) is 25.8 Å². The first-order valence-electron chi connectivity index (χ1n) is 5.70. The highest BCUT2D eigenvalue weighted by molar-refractivity contribution is 6.31. The smallest absolute Gasteiger partial charge is 0.0455 e. The van der Waals surface area contributed by atoms with E-state index in [1.54, 1.807) is 0 Å². The average molecular weight is 239 g/mol. The van der Waals surface area contributed by atoms with E-state index in [0.29, 0.717) is 0 Å². The molecule has 1 fully saturated rings. The topological polar surface area (TPSA) is 29.3 Å². The number of benzene rings is 1. The molecule has 2 rings (SSSR count). The molecule has 1 aromatic rings. The number of hydrogen-bond donors (Lipinski definition) is 1. The second kappa shape index (κ2) is 3.94. The third-order valence-corrected chi connectivity index (χ3v) is 3.85. The van der Waals surface area contributed by atoms with Gasteiger partial charge in [0.25, 0.3) is 0 Å². The van der Waals surface area contributed by atoms with Crippen LogP contribution in [0.25, 0.3) is 0 Å². The van der Waals surface area contributed by atoms with Gasteiger partial charge in [0.1, 0.15) is 0 Å². The first kappa shape index (κ1) is 11.7. The molecule has 1 aromatic carbocycles. The number of hydrogen-bond acceptors (Lipinski definition) is 2. The van der Waals surface area contributed by atoms with Crippen LogP contribution in [0, 0.1) is 6.92 Å². The Balaban J connectivity index is 2.41. The standard InChI is InChI=1S/C13H19ClN2/c1-9-11(14)5-4-6-12(9)16-8-10(15)7-13(16,2)3/h4-6,10H,7-8,15H2,1-3H3. The quantitative estimate of drug-likeness (QED) is 0.815. The molecule has 1 atom stereocenters. The molecule has 0 aliphatic carbocycles. The van der Waals surface area contributed by atoms with Gasteiger partial charge in [-0.05, 0) is 44.9 Å². The van der Waals surface area contributed by atoms with E-state index in [0.717, 1.165) is 23.6 Å². The van der Waals surface area contributed by atoms with Crippen LogP contribution < -0.4 is 10.6 Å². The molecule has 2 N–H and O–H groups in total. The molecule has 88 valence electrons. The number of nitrogens with two attached hydrogens (primary N) is 1. The zero-order chi connectivity index (χ0) is 11.9. The van der Waals surface area contributed by atoms with Crippen LogP contribution in [-0.4, -0.2) is 18.1 Å². The van der Waals surface area contributed by atoms with Gasteiger partial charge in [0, 0.05) is 28.8 Å². The Hall–Kier alpha value is -0.730. The van der Waals surface area contributed by atoms with Crippen LogP contribution in [0.2, 0.25) is 5.02 Å². The van der Waals surface area contributed by atoms with Gasteiger partial charge < -0.3 is 10.6 Å². The third kappa shape index (κ3) is 1.92. The van der Waals surface area contributed by atoms with Crippen LogP contribution >= 0.6 is 11.6 Å². The highest BCUT2D eigenvalue weighted by atomic mass is 35.5. The minimum atomic E-state index is 0.120. The van der Waals surface area contributed by atoms with Gasteiger partial charge in [-0.1, -0.05) is 17.7 Å².